The van der Waals surface area contributed by atoms with Crippen LogP contribution in [0.5, 0.6) is 0 Å². The Morgan fingerprint density at radius 3 is 0.699 bits per heavy atom. The van der Waals surface area contributed by atoms with Gasteiger partial charge in [0.25, 0.3) is 0 Å². The molecule has 1 unspecified atom stereocenters. The molecule has 0 aromatic heterocycles. The van der Waals surface area contributed by atoms with E-state index in [4.69, 9.17) is 9.47 Å². The molecule has 0 aliphatic rings. The topological polar surface area (TPSA) is 72.8 Å². The third kappa shape index (κ3) is 81.9. The lowest BCUT2D eigenvalue weighted by atomic mass is 10.0. The molecule has 0 rings (SSSR count). The van der Waals surface area contributed by atoms with Crippen LogP contribution >= 0.6 is 0 Å². The zero-order valence-corrected chi connectivity index (χ0v) is 63.0. The van der Waals surface area contributed by atoms with Crippen LogP contribution in [0.25, 0.3) is 0 Å². The molecule has 0 spiro atoms. The molecule has 1 N–H and O–H groups in total. The Morgan fingerprint density at radius 1 is 0.258 bits per heavy atom. The van der Waals surface area contributed by atoms with Crippen LogP contribution in [0.1, 0.15) is 470 Å². The molecule has 0 aromatic carbocycles. The van der Waals surface area contributed by atoms with Crippen molar-refractivity contribution in [2.75, 3.05) is 13.2 Å². The van der Waals surface area contributed by atoms with E-state index in [-0.39, 0.29) is 25.2 Å². The fraction of sp³-hybridized carbons (Fsp3) is 0.864. The smallest absolute Gasteiger partial charge is 0.306 e. The predicted molar refractivity (Wildman–Crippen MR) is 413 cm³/mol. The van der Waals surface area contributed by atoms with Gasteiger partial charge in [0.15, 0.2) is 6.10 Å². The number of allylic oxidation sites excluding steroid dienone is 10. The van der Waals surface area contributed by atoms with Crippen LogP contribution in [-0.4, -0.2) is 36.4 Å². The highest BCUT2D eigenvalue weighted by Gasteiger charge is 2.16. The summed E-state index contributed by atoms with van der Waals surface area (Å²) in [5, 5.41) is 9.74. The summed E-state index contributed by atoms with van der Waals surface area (Å²) >= 11 is 0. The summed E-state index contributed by atoms with van der Waals surface area (Å²) in [7, 11) is 0. The van der Waals surface area contributed by atoms with Gasteiger partial charge in [-0.3, -0.25) is 9.59 Å². The van der Waals surface area contributed by atoms with Gasteiger partial charge in [-0.05, 0) is 57.8 Å². The average Bonchev–Trinajstić information content (AvgIpc) is 3.62. The van der Waals surface area contributed by atoms with Crippen molar-refractivity contribution in [1.82, 2.24) is 0 Å². The number of unbranched alkanes of at least 4 members (excludes halogenated alkanes) is 62. The van der Waals surface area contributed by atoms with Crippen LogP contribution in [-0.2, 0) is 19.1 Å². The molecular formula is C88H164O5. The number of carbonyl (C=O) groups is 2. The van der Waals surface area contributed by atoms with E-state index in [9.17, 15) is 14.7 Å². The van der Waals surface area contributed by atoms with Gasteiger partial charge in [-0.1, -0.05) is 460 Å². The maximum atomic E-state index is 12.4. The molecule has 0 bridgehead atoms. The summed E-state index contributed by atoms with van der Waals surface area (Å²) in [5.74, 6) is -0.562. The summed E-state index contributed by atoms with van der Waals surface area (Å²) in [4.78, 5) is 24.7. The Balaban J connectivity index is 3.35. The van der Waals surface area contributed by atoms with E-state index in [1.807, 2.05) is 0 Å². The number of aliphatic hydroxyl groups is 1. The van der Waals surface area contributed by atoms with Gasteiger partial charge in [-0.25, -0.2) is 0 Å². The third-order valence-corrected chi connectivity index (χ3v) is 19.6. The van der Waals surface area contributed by atoms with Crippen molar-refractivity contribution >= 4 is 11.9 Å². The van der Waals surface area contributed by atoms with Crippen molar-refractivity contribution in [1.29, 1.82) is 0 Å². The van der Waals surface area contributed by atoms with Crippen molar-refractivity contribution < 1.29 is 24.2 Å². The van der Waals surface area contributed by atoms with Crippen LogP contribution in [0.3, 0.4) is 0 Å². The Kier molecular flexibility index (Phi) is 81.7. The van der Waals surface area contributed by atoms with Crippen LogP contribution in [0, 0.1) is 0 Å². The highest BCUT2D eigenvalue weighted by molar-refractivity contribution is 5.70. The zero-order chi connectivity index (χ0) is 66.8. The minimum Gasteiger partial charge on any atom is -0.462 e. The van der Waals surface area contributed by atoms with Gasteiger partial charge in [-0.2, -0.15) is 0 Å². The molecular weight excluding hydrogens is 1140 g/mol. The summed E-state index contributed by atoms with van der Waals surface area (Å²) in [5.41, 5.74) is 0. The van der Waals surface area contributed by atoms with E-state index in [2.05, 4.69) is 74.6 Å². The number of aliphatic hydroxyl groups excluding tert-OH is 1. The minimum atomic E-state index is -0.771. The van der Waals surface area contributed by atoms with Crippen LogP contribution < -0.4 is 0 Å². The number of hydrogen-bond acceptors (Lipinski definition) is 5. The first-order chi connectivity index (χ1) is 46.1. The van der Waals surface area contributed by atoms with E-state index in [1.165, 1.54) is 379 Å². The molecule has 0 aliphatic carbocycles. The third-order valence-electron chi connectivity index (χ3n) is 19.6. The molecule has 546 valence electrons. The Labute approximate surface area is 582 Å². The molecule has 0 amide bonds. The molecule has 5 nitrogen and oxygen atoms in total. The van der Waals surface area contributed by atoms with E-state index in [0.717, 1.165) is 64.2 Å². The molecule has 0 saturated carbocycles. The van der Waals surface area contributed by atoms with Crippen molar-refractivity contribution in [3.63, 3.8) is 0 Å². The molecule has 93 heavy (non-hydrogen) atoms. The fourth-order valence-electron chi connectivity index (χ4n) is 13.3. The number of ether oxygens (including phenoxy) is 2. The lowest BCUT2D eigenvalue weighted by Crippen LogP contribution is -2.28. The van der Waals surface area contributed by atoms with Crippen LogP contribution in [0.15, 0.2) is 60.8 Å². The van der Waals surface area contributed by atoms with Crippen molar-refractivity contribution in [3.05, 3.63) is 60.8 Å². The second-order valence-corrected chi connectivity index (χ2v) is 28.9. The van der Waals surface area contributed by atoms with Gasteiger partial charge < -0.3 is 14.6 Å². The number of rotatable bonds is 80. The average molecular weight is 1300 g/mol. The normalized spacial score (nSPS) is 12.4. The first-order valence-electron chi connectivity index (χ1n) is 42.3. The second kappa shape index (κ2) is 83.8. The Hall–Kier alpha value is -2.40. The fourth-order valence-corrected chi connectivity index (χ4v) is 13.3. The maximum Gasteiger partial charge on any atom is 0.306 e. The number of esters is 2. The van der Waals surface area contributed by atoms with E-state index < -0.39 is 6.10 Å². The summed E-state index contributed by atoms with van der Waals surface area (Å²) in [6, 6.07) is 0. The van der Waals surface area contributed by atoms with Gasteiger partial charge in [-0.15, -0.1) is 0 Å². The quantitative estimate of drug-likeness (QED) is 0.0373. The van der Waals surface area contributed by atoms with Gasteiger partial charge in [0.05, 0.1) is 6.61 Å². The largest absolute Gasteiger partial charge is 0.462 e. The number of hydrogen-bond donors (Lipinski definition) is 1. The second-order valence-electron chi connectivity index (χ2n) is 28.9. The lowest BCUT2D eigenvalue weighted by Gasteiger charge is -2.15. The molecule has 0 radical (unpaired) electrons. The SMILES string of the molecule is CC/C=C\C/C=C\C/C=C\C/C=C\C/C=C\CCCCCCCCCCCCCCCCCCCCCCCCCC(=O)OC(CO)COC(=O)CCCCCCCCCCCCCCCCCCCCCCCCCCCCCCCCCCCCCCCCCC. The molecule has 5 heteroatoms. The van der Waals surface area contributed by atoms with Crippen LogP contribution in [0.2, 0.25) is 0 Å². The highest BCUT2D eigenvalue weighted by atomic mass is 16.6. The van der Waals surface area contributed by atoms with Crippen molar-refractivity contribution in [2.24, 2.45) is 0 Å². The molecule has 0 aromatic rings. The molecule has 0 fully saturated rings. The lowest BCUT2D eigenvalue weighted by molar-refractivity contribution is -0.161. The highest BCUT2D eigenvalue weighted by Crippen LogP contribution is 2.21. The van der Waals surface area contributed by atoms with Crippen LogP contribution in [0.4, 0.5) is 0 Å². The van der Waals surface area contributed by atoms with E-state index >= 15 is 0 Å². The summed E-state index contributed by atoms with van der Waals surface area (Å²) in [6.45, 7) is 4.10. The number of carbonyl (C=O) groups excluding carboxylic acids is 2. The van der Waals surface area contributed by atoms with Crippen molar-refractivity contribution in [2.45, 2.75) is 476 Å². The summed E-state index contributed by atoms with van der Waals surface area (Å²) < 4.78 is 10.8. The minimum absolute atomic E-state index is 0.0589. The van der Waals surface area contributed by atoms with Gasteiger partial charge >= 0.3 is 11.9 Å². The van der Waals surface area contributed by atoms with Crippen molar-refractivity contribution in [3.8, 4) is 0 Å². The standard InChI is InChI=1S/C88H164O5/c1-3-5-7-9-11-13-15-17-19-21-23-25-27-29-31-33-35-37-39-41-43-45-46-48-50-52-54-56-58-60-62-64-66-68-70-72-74-76-78-80-82-87(90)92-85-86(84-89)93-88(91)83-81-79-77-75-73-71-69-67-65-63-61-59-57-55-53-51-49-47-44-42-40-38-36-34-32-30-28-26-24-22-20-18-16-14-12-10-8-6-4-2/h6,8,12,14,18,20,24,26,30,32,86,89H,3-5,7,9-11,13,15-17,19,21-23,25,27-29,31,33-85H2,1-2H3/b8-6-,14-12-,20-18-,26-24-,32-30-. The molecule has 0 heterocycles. The van der Waals surface area contributed by atoms with Gasteiger partial charge in [0.1, 0.15) is 6.61 Å². The maximum absolute atomic E-state index is 12.4. The molecule has 0 aliphatic heterocycles. The van der Waals surface area contributed by atoms with Gasteiger partial charge in [0.2, 0.25) is 0 Å². The Morgan fingerprint density at radius 2 is 0.462 bits per heavy atom. The van der Waals surface area contributed by atoms with E-state index in [0.29, 0.717) is 12.8 Å². The first kappa shape index (κ1) is 90.6. The predicted octanol–water partition coefficient (Wildman–Crippen LogP) is 30.0. The molecule has 1 atom stereocenters. The van der Waals surface area contributed by atoms with E-state index in [1.54, 1.807) is 0 Å². The molecule has 0 saturated heterocycles. The monoisotopic (exact) mass is 1300 g/mol. The van der Waals surface area contributed by atoms with Gasteiger partial charge in [0, 0.05) is 12.8 Å². The summed E-state index contributed by atoms with van der Waals surface area (Å²) in [6.07, 6.45) is 116. The zero-order valence-electron chi connectivity index (χ0n) is 63.0. The first-order valence-corrected chi connectivity index (χ1v) is 42.3. The Bertz CT molecular complexity index is 1570.